The Kier molecular flexibility index (Phi) is 3.77. The summed E-state index contributed by atoms with van der Waals surface area (Å²) in [5, 5.41) is 0. The van der Waals surface area contributed by atoms with Crippen molar-refractivity contribution in [3.8, 4) is 0 Å². The minimum atomic E-state index is 0. The summed E-state index contributed by atoms with van der Waals surface area (Å²) in [6, 6.07) is 6.86. The summed E-state index contributed by atoms with van der Waals surface area (Å²) in [4.78, 5) is 0. The Balaban J connectivity index is 0.000000845. The van der Waals surface area contributed by atoms with E-state index in [-0.39, 0.29) is 12.4 Å². The van der Waals surface area contributed by atoms with Gasteiger partial charge in [0.25, 0.3) is 0 Å². The molecule has 1 unspecified atom stereocenters. The van der Waals surface area contributed by atoms with Crippen LogP contribution in [0.25, 0.3) is 0 Å². The number of hydrogen-bond acceptors (Lipinski definition) is 1. The number of nitrogens with two attached hydrogens (primary N) is 1. The van der Waals surface area contributed by atoms with Crippen LogP contribution in [0.15, 0.2) is 22.7 Å². The van der Waals surface area contributed by atoms with Crippen molar-refractivity contribution in [3.63, 3.8) is 0 Å². The highest BCUT2D eigenvalue weighted by Gasteiger charge is 2.14. The Labute approximate surface area is 93.2 Å². The fourth-order valence-electron chi connectivity index (χ4n) is 1.75. The van der Waals surface area contributed by atoms with Crippen LogP contribution in [0.3, 0.4) is 0 Å². The molecule has 1 nitrogen and oxygen atoms in total. The van der Waals surface area contributed by atoms with Crippen molar-refractivity contribution < 1.29 is 0 Å². The SMILES string of the molecule is Cl.NC1CCc2ccc(Br)cc2C1. The van der Waals surface area contributed by atoms with Crippen molar-refractivity contribution >= 4 is 28.3 Å². The van der Waals surface area contributed by atoms with Crippen molar-refractivity contribution in [1.29, 1.82) is 0 Å². The van der Waals surface area contributed by atoms with Gasteiger partial charge in [-0.25, -0.2) is 0 Å². The molecule has 1 atom stereocenters. The van der Waals surface area contributed by atoms with Gasteiger partial charge in [-0.05, 0) is 42.5 Å². The molecule has 1 aromatic rings. The van der Waals surface area contributed by atoms with Gasteiger partial charge in [0.2, 0.25) is 0 Å². The van der Waals surface area contributed by atoms with Crippen molar-refractivity contribution in [3.05, 3.63) is 33.8 Å². The average Bonchev–Trinajstić information content (AvgIpc) is 2.03. The average molecular weight is 263 g/mol. The second-order valence-electron chi connectivity index (χ2n) is 3.42. The van der Waals surface area contributed by atoms with Crippen molar-refractivity contribution in [1.82, 2.24) is 0 Å². The van der Waals surface area contributed by atoms with E-state index >= 15 is 0 Å². The van der Waals surface area contributed by atoms with Crippen molar-refractivity contribution in [2.75, 3.05) is 0 Å². The van der Waals surface area contributed by atoms with Gasteiger partial charge in [-0.15, -0.1) is 12.4 Å². The predicted octanol–water partition coefficient (Wildman–Crippen LogP) is 2.69. The standard InChI is InChI=1S/C10H12BrN.ClH/c11-9-3-1-7-2-4-10(12)6-8(7)5-9;/h1,3,5,10H,2,4,6,12H2;1H. The first kappa shape index (κ1) is 11.0. The van der Waals surface area contributed by atoms with Crippen molar-refractivity contribution in [2.24, 2.45) is 5.73 Å². The second kappa shape index (κ2) is 4.45. The van der Waals surface area contributed by atoms with E-state index in [1.807, 2.05) is 0 Å². The molecule has 0 aliphatic heterocycles. The Hall–Kier alpha value is -0.0500. The highest BCUT2D eigenvalue weighted by molar-refractivity contribution is 9.10. The third kappa shape index (κ3) is 2.46. The van der Waals surface area contributed by atoms with Crippen LogP contribution in [0.4, 0.5) is 0 Å². The van der Waals surface area contributed by atoms with Crippen LogP contribution in [-0.4, -0.2) is 6.04 Å². The second-order valence-corrected chi connectivity index (χ2v) is 4.33. The molecule has 0 saturated carbocycles. The van der Waals surface area contributed by atoms with Gasteiger partial charge in [-0.2, -0.15) is 0 Å². The number of aryl methyl sites for hydroxylation is 1. The molecule has 13 heavy (non-hydrogen) atoms. The molecule has 1 aliphatic carbocycles. The van der Waals surface area contributed by atoms with Crippen LogP contribution in [0, 0.1) is 0 Å². The minimum Gasteiger partial charge on any atom is -0.327 e. The lowest BCUT2D eigenvalue weighted by Gasteiger charge is -2.21. The highest BCUT2D eigenvalue weighted by Crippen LogP contribution is 2.23. The highest BCUT2D eigenvalue weighted by atomic mass is 79.9. The molecule has 3 heteroatoms. The zero-order valence-corrected chi connectivity index (χ0v) is 9.70. The maximum Gasteiger partial charge on any atom is 0.0178 e. The number of rotatable bonds is 0. The van der Waals surface area contributed by atoms with Gasteiger partial charge in [-0.1, -0.05) is 22.0 Å². The molecule has 72 valence electrons. The molecular weight excluding hydrogens is 249 g/mol. The number of hydrogen-bond donors (Lipinski definition) is 1. The van der Waals surface area contributed by atoms with Gasteiger partial charge in [0.15, 0.2) is 0 Å². The predicted molar refractivity (Wildman–Crippen MR) is 61.4 cm³/mol. The quantitative estimate of drug-likeness (QED) is 0.764. The lowest BCUT2D eigenvalue weighted by atomic mass is 9.89. The van der Waals surface area contributed by atoms with E-state index in [1.54, 1.807) is 0 Å². The first-order valence-electron chi connectivity index (χ1n) is 4.28. The summed E-state index contributed by atoms with van der Waals surface area (Å²) < 4.78 is 1.16. The van der Waals surface area contributed by atoms with Crippen LogP contribution in [0.5, 0.6) is 0 Å². The van der Waals surface area contributed by atoms with Crippen LogP contribution in [0.2, 0.25) is 0 Å². The maximum atomic E-state index is 5.88. The normalized spacial score (nSPS) is 20.3. The smallest absolute Gasteiger partial charge is 0.0178 e. The third-order valence-corrected chi connectivity index (χ3v) is 2.93. The Morgan fingerprint density at radius 1 is 1.31 bits per heavy atom. The number of halogens is 2. The van der Waals surface area contributed by atoms with Gasteiger partial charge < -0.3 is 5.73 Å². The largest absolute Gasteiger partial charge is 0.327 e. The molecule has 0 bridgehead atoms. The van der Waals surface area contributed by atoms with E-state index in [0.717, 1.165) is 23.7 Å². The summed E-state index contributed by atoms with van der Waals surface area (Å²) in [7, 11) is 0. The van der Waals surface area contributed by atoms with E-state index in [9.17, 15) is 0 Å². The summed E-state index contributed by atoms with van der Waals surface area (Å²) in [6.07, 6.45) is 3.31. The number of fused-ring (bicyclic) bond motifs is 1. The summed E-state index contributed by atoms with van der Waals surface area (Å²) in [5.74, 6) is 0. The van der Waals surface area contributed by atoms with Crippen LogP contribution in [-0.2, 0) is 12.8 Å². The fourth-order valence-corrected chi connectivity index (χ4v) is 2.16. The minimum absolute atomic E-state index is 0. The van der Waals surface area contributed by atoms with E-state index in [4.69, 9.17) is 5.73 Å². The topological polar surface area (TPSA) is 26.0 Å². The Morgan fingerprint density at radius 3 is 2.85 bits per heavy atom. The molecule has 0 fully saturated rings. The van der Waals surface area contributed by atoms with Crippen LogP contribution < -0.4 is 5.73 Å². The van der Waals surface area contributed by atoms with Crippen LogP contribution >= 0.6 is 28.3 Å². The third-order valence-electron chi connectivity index (χ3n) is 2.43. The maximum absolute atomic E-state index is 5.88. The molecule has 0 amide bonds. The molecule has 2 N–H and O–H groups in total. The molecule has 0 heterocycles. The monoisotopic (exact) mass is 261 g/mol. The molecule has 2 rings (SSSR count). The fraction of sp³-hybridized carbons (Fsp3) is 0.400. The Bertz CT molecular complexity index is 301. The van der Waals surface area contributed by atoms with E-state index < -0.39 is 0 Å². The van der Waals surface area contributed by atoms with E-state index in [0.29, 0.717) is 6.04 Å². The first-order chi connectivity index (χ1) is 5.75. The zero-order valence-electron chi connectivity index (χ0n) is 7.29. The van der Waals surface area contributed by atoms with Gasteiger partial charge >= 0.3 is 0 Å². The Morgan fingerprint density at radius 2 is 2.08 bits per heavy atom. The van der Waals surface area contributed by atoms with Gasteiger partial charge in [-0.3, -0.25) is 0 Å². The van der Waals surface area contributed by atoms with E-state index in [2.05, 4.69) is 34.1 Å². The summed E-state index contributed by atoms with van der Waals surface area (Å²) in [6.45, 7) is 0. The molecule has 0 saturated heterocycles. The summed E-state index contributed by atoms with van der Waals surface area (Å²) in [5.41, 5.74) is 8.78. The molecule has 0 spiro atoms. The van der Waals surface area contributed by atoms with Gasteiger partial charge in [0.05, 0.1) is 0 Å². The number of benzene rings is 1. The zero-order chi connectivity index (χ0) is 8.55. The van der Waals surface area contributed by atoms with Crippen molar-refractivity contribution in [2.45, 2.75) is 25.3 Å². The lowest BCUT2D eigenvalue weighted by Crippen LogP contribution is -2.27. The lowest BCUT2D eigenvalue weighted by molar-refractivity contribution is 0.576. The molecule has 0 aromatic heterocycles. The first-order valence-corrected chi connectivity index (χ1v) is 5.08. The van der Waals surface area contributed by atoms with Gasteiger partial charge in [0.1, 0.15) is 0 Å². The summed E-state index contributed by atoms with van der Waals surface area (Å²) >= 11 is 3.47. The molecule has 0 radical (unpaired) electrons. The van der Waals surface area contributed by atoms with Crippen LogP contribution in [0.1, 0.15) is 17.5 Å². The molecular formula is C10H13BrClN. The molecule has 1 aromatic carbocycles. The van der Waals surface area contributed by atoms with Gasteiger partial charge in [0, 0.05) is 10.5 Å². The molecule has 1 aliphatic rings. The van der Waals surface area contributed by atoms with E-state index in [1.165, 1.54) is 11.1 Å².